The van der Waals surface area contributed by atoms with Crippen LogP contribution in [-0.4, -0.2) is 54.7 Å². The fourth-order valence-corrected chi connectivity index (χ4v) is 4.73. The molecule has 0 unspecified atom stereocenters. The molecule has 2 aromatic carbocycles. The Kier molecular flexibility index (Phi) is 5.36. The molecular formula is C24H22BrN3O5. The van der Waals surface area contributed by atoms with Crippen LogP contribution in [0.3, 0.4) is 0 Å². The zero-order chi connectivity index (χ0) is 23.2. The summed E-state index contributed by atoms with van der Waals surface area (Å²) < 4.78 is 17.9. The zero-order valence-electron chi connectivity index (χ0n) is 18.2. The van der Waals surface area contributed by atoms with Crippen molar-refractivity contribution in [3.8, 4) is 17.2 Å². The van der Waals surface area contributed by atoms with Crippen LogP contribution in [0.25, 0.3) is 10.9 Å². The number of hydrogen-bond donors (Lipinski definition) is 1. The minimum atomic E-state index is -0.827. The minimum absolute atomic E-state index is 0.176. The van der Waals surface area contributed by atoms with E-state index in [0.717, 1.165) is 9.86 Å². The fraction of sp³-hybridized carbons (Fsp3) is 0.292. The monoisotopic (exact) mass is 511 g/mol. The summed E-state index contributed by atoms with van der Waals surface area (Å²) in [5.41, 5.74) is 0.521. The first-order chi connectivity index (χ1) is 15.9. The van der Waals surface area contributed by atoms with Gasteiger partial charge in [-0.1, -0.05) is 22.0 Å². The van der Waals surface area contributed by atoms with E-state index in [2.05, 4.69) is 26.2 Å². The Labute approximate surface area is 199 Å². The van der Waals surface area contributed by atoms with Gasteiger partial charge >= 0.3 is 0 Å². The maximum Gasteiger partial charge on any atom is 0.272 e. The number of aromatic nitrogens is 1. The third kappa shape index (κ3) is 3.76. The largest absolute Gasteiger partial charge is 0.496 e. The van der Waals surface area contributed by atoms with Gasteiger partial charge in [0.1, 0.15) is 28.5 Å². The number of amides is 2. The third-order valence-electron chi connectivity index (χ3n) is 6.11. The molecule has 5 rings (SSSR count). The van der Waals surface area contributed by atoms with Gasteiger partial charge in [-0.3, -0.25) is 9.59 Å². The second kappa shape index (κ2) is 8.22. The third-order valence-corrected chi connectivity index (χ3v) is 6.61. The van der Waals surface area contributed by atoms with E-state index in [0.29, 0.717) is 54.3 Å². The van der Waals surface area contributed by atoms with Crippen LogP contribution < -0.4 is 19.5 Å². The van der Waals surface area contributed by atoms with Crippen LogP contribution in [0.1, 0.15) is 33.7 Å². The van der Waals surface area contributed by atoms with Gasteiger partial charge in [0.2, 0.25) is 0 Å². The van der Waals surface area contributed by atoms with Crippen LogP contribution in [0, 0.1) is 0 Å². The number of nitrogens with one attached hydrogen (secondary N) is 1. The number of piperidine rings is 1. The summed E-state index contributed by atoms with van der Waals surface area (Å²) in [7, 11) is 3.13. The summed E-state index contributed by atoms with van der Waals surface area (Å²) >= 11 is 3.38. The molecule has 9 heteroatoms. The molecule has 170 valence electrons. The quantitative estimate of drug-likeness (QED) is 0.575. The number of halogens is 1. The molecule has 3 aromatic rings. The highest BCUT2D eigenvalue weighted by molar-refractivity contribution is 9.10. The number of fused-ring (bicyclic) bond motifs is 2. The molecule has 2 amide bonds. The molecular weight excluding hydrogens is 490 g/mol. The van der Waals surface area contributed by atoms with Crippen molar-refractivity contribution >= 4 is 38.6 Å². The lowest BCUT2D eigenvalue weighted by Gasteiger charge is -2.44. The molecule has 1 N–H and O–H groups in total. The first kappa shape index (κ1) is 21.5. The predicted octanol–water partition coefficient (Wildman–Crippen LogP) is 3.77. The van der Waals surface area contributed by atoms with Gasteiger partial charge in [0.05, 0.1) is 19.8 Å². The number of methoxy groups -OCH3 is 2. The first-order valence-corrected chi connectivity index (χ1v) is 11.3. The van der Waals surface area contributed by atoms with Crippen molar-refractivity contribution in [2.75, 3.05) is 27.3 Å². The maximum atomic E-state index is 13.3. The van der Waals surface area contributed by atoms with Crippen molar-refractivity contribution in [2.45, 2.75) is 18.6 Å². The molecule has 2 aliphatic heterocycles. The Bertz CT molecular complexity index is 1270. The molecule has 8 nitrogen and oxygen atoms in total. The average molecular weight is 512 g/mol. The standard InChI is InChI=1S/C24H22BrN3O5/c1-31-19-5-3-4-15-20(32-2)13-17(26-21(15)19)23(30)28-10-8-24(9-11-28)27-22(29)16-12-14(25)6-7-18(16)33-24/h3-7,12-13H,8-11H2,1-2H3,(H,27,29). The molecule has 0 bridgehead atoms. The molecule has 1 fully saturated rings. The van der Waals surface area contributed by atoms with Crippen molar-refractivity contribution < 1.29 is 23.8 Å². The Hall–Kier alpha value is -3.33. The highest BCUT2D eigenvalue weighted by Crippen LogP contribution is 2.36. The van der Waals surface area contributed by atoms with Crippen LogP contribution >= 0.6 is 15.9 Å². The number of rotatable bonds is 3. The van der Waals surface area contributed by atoms with Crippen LogP contribution in [-0.2, 0) is 0 Å². The van der Waals surface area contributed by atoms with E-state index in [1.54, 1.807) is 43.4 Å². The highest BCUT2D eigenvalue weighted by atomic mass is 79.9. The summed E-state index contributed by atoms with van der Waals surface area (Å²) in [6.45, 7) is 0.831. The predicted molar refractivity (Wildman–Crippen MR) is 125 cm³/mol. The Balaban J connectivity index is 1.38. The zero-order valence-corrected chi connectivity index (χ0v) is 19.8. The van der Waals surface area contributed by atoms with E-state index >= 15 is 0 Å². The number of benzene rings is 2. The molecule has 3 heterocycles. The van der Waals surface area contributed by atoms with Crippen molar-refractivity contribution in [1.82, 2.24) is 15.2 Å². The summed E-state index contributed by atoms with van der Waals surface area (Å²) in [5, 5.41) is 3.77. The van der Waals surface area contributed by atoms with E-state index in [1.807, 2.05) is 18.2 Å². The van der Waals surface area contributed by atoms with Crippen molar-refractivity contribution in [1.29, 1.82) is 0 Å². The second-order valence-corrected chi connectivity index (χ2v) is 8.97. The molecule has 1 aromatic heterocycles. The number of pyridine rings is 1. The molecule has 33 heavy (non-hydrogen) atoms. The summed E-state index contributed by atoms with van der Waals surface area (Å²) in [6, 6.07) is 12.6. The van der Waals surface area contributed by atoms with Crippen molar-refractivity contribution in [3.63, 3.8) is 0 Å². The molecule has 0 saturated carbocycles. The van der Waals surface area contributed by atoms with Gasteiger partial charge < -0.3 is 24.4 Å². The molecule has 0 aliphatic carbocycles. The van der Waals surface area contributed by atoms with Crippen LogP contribution in [0.15, 0.2) is 46.9 Å². The number of carbonyl (C=O) groups excluding carboxylic acids is 2. The van der Waals surface area contributed by atoms with Crippen LogP contribution in [0.5, 0.6) is 17.2 Å². The average Bonchev–Trinajstić information content (AvgIpc) is 2.83. The Morgan fingerprint density at radius 1 is 1.12 bits per heavy atom. The minimum Gasteiger partial charge on any atom is -0.496 e. The Morgan fingerprint density at radius 2 is 1.88 bits per heavy atom. The maximum absolute atomic E-state index is 13.3. The van der Waals surface area contributed by atoms with E-state index in [1.165, 1.54) is 0 Å². The van der Waals surface area contributed by atoms with Crippen molar-refractivity contribution in [2.24, 2.45) is 0 Å². The molecule has 1 spiro atoms. The first-order valence-electron chi connectivity index (χ1n) is 10.6. The topological polar surface area (TPSA) is 90.0 Å². The smallest absolute Gasteiger partial charge is 0.272 e. The normalized spacial score (nSPS) is 16.7. The van der Waals surface area contributed by atoms with Gasteiger partial charge in [-0.15, -0.1) is 0 Å². The van der Waals surface area contributed by atoms with Crippen molar-refractivity contribution in [3.05, 3.63) is 58.2 Å². The summed E-state index contributed by atoms with van der Waals surface area (Å²) in [5.74, 6) is 1.30. The van der Waals surface area contributed by atoms with Gasteiger partial charge in [-0.05, 0) is 30.3 Å². The van der Waals surface area contributed by atoms with Gasteiger partial charge in [0, 0.05) is 41.9 Å². The van der Waals surface area contributed by atoms with E-state index in [9.17, 15) is 9.59 Å². The SMILES string of the molecule is COc1cc(C(=O)N2CCC3(CC2)NC(=O)c2cc(Br)ccc2O3)nc2c(OC)cccc12. The number of hydrogen-bond acceptors (Lipinski definition) is 6. The van der Waals surface area contributed by atoms with E-state index in [4.69, 9.17) is 14.2 Å². The van der Waals surface area contributed by atoms with Crippen LogP contribution in [0.2, 0.25) is 0 Å². The van der Waals surface area contributed by atoms with E-state index < -0.39 is 5.72 Å². The number of nitrogens with zero attached hydrogens (tertiary/aromatic N) is 2. The lowest BCUT2D eigenvalue weighted by Crippen LogP contribution is -2.61. The van der Waals surface area contributed by atoms with Gasteiger partial charge in [0.15, 0.2) is 5.72 Å². The van der Waals surface area contributed by atoms with E-state index in [-0.39, 0.29) is 17.5 Å². The lowest BCUT2D eigenvalue weighted by molar-refractivity contribution is -0.0246. The van der Waals surface area contributed by atoms with Gasteiger partial charge in [-0.25, -0.2) is 4.98 Å². The number of ether oxygens (including phenoxy) is 3. The molecule has 2 aliphatic rings. The molecule has 0 radical (unpaired) electrons. The fourth-order valence-electron chi connectivity index (χ4n) is 4.37. The number of carbonyl (C=O) groups is 2. The molecule has 1 saturated heterocycles. The highest BCUT2D eigenvalue weighted by Gasteiger charge is 2.43. The van der Waals surface area contributed by atoms with Gasteiger partial charge in [-0.2, -0.15) is 0 Å². The van der Waals surface area contributed by atoms with Crippen LogP contribution in [0.4, 0.5) is 0 Å². The summed E-state index contributed by atoms with van der Waals surface area (Å²) in [6.07, 6.45) is 0.933. The number of likely N-dealkylation sites (tertiary alicyclic amines) is 1. The second-order valence-electron chi connectivity index (χ2n) is 8.05. The lowest BCUT2D eigenvalue weighted by atomic mass is 9.96. The van der Waals surface area contributed by atoms with Gasteiger partial charge in [0.25, 0.3) is 11.8 Å². The molecule has 0 atom stereocenters. The number of para-hydroxylation sites is 1. The Morgan fingerprint density at radius 3 is 2.61 bits per heavy atom. The summed E-state index contributed by atoms with van der Waals surface area (Å²) in [4.78, 5) is 32.3.